The van der Waals surface area contributed by atoms with Gasteiger partial charge < -0.3 is 10.1 Å². The second kappa shape index (κ2) is 7.74. The molecule has 4 nitrogen and oxygen atoms in total. The van der Waals surface area contributed by atoms with Gasteiger partial charge in [-0.1, -0.05) is 34.1 Å². The standard InChI is InChI=1S/C14H16BrNO3/c1-3-19-14(18)10(2)16-13(17)9-8-11-6-4-5-7-12(11)15/h4-10H,3H2,1-2H3,(H,16,17)/b9-8+. The SMILES string of the molecule is CCOC(=O)C(C)NC(=O)/C=C/c1ccccc1Br. The van der Waals surface area contributed by atoms with Crippen LogP contribution < -0.4 is 5.32 Å². The Kier molecular flexibility index (Phi) is 6.29. The Hall–Kier alpha value is -1.62. The fraction of sp³-hybridized carbons (Fsp3) is 0.286. The fourth-order valence-electron chi connectivity index (χ4n) is 1.36. The van der Waals surface area contributed by atoms with E-state index in [0.717, 1.165) is 10.0 Å². The van der Waals surface area contributed by atoms with Crippen LogP contribution in [0.15, 0.2) is 34.8 Å². The smallest absolute Gasteiger partial charge is 0.328 e. The summed E-state index contributed by atoms with van der Waals surface area (Å²) in [7, 11) is 0. The highest BCUT2D eigenvalue weighted by molar-refractivity contribution is 9.10. The van der Waals surface area contributed by atoms with Gasteiger partial charge in [0, 0.05) is 10.5 Å². The highest BCUT2D eigenvalue weighted by Crippen LogP contribution is 2.16. The molecule has 19 heavy (non-hydrogen) atoms. The zero-order valence-corrected chi connectivity index (χ0v) is 12.4. The number of rotatable bonds is 5. The second-order valence-corrected chi connectivity index (χ2v) is 4.69. The van der Waals surface area contributed by atoms with Crippen molar-refractivity contribution in [1.29, 1.82) is 0 Å². The van der Waals surface area contributed by atoms with Gasteiger partial charge in [0.1, 0.15) is 6.04 Å². The molecule has 0 radical (unpaired) electrons. The van der Waals surface area contributed by atoms with E-state index in [0.29, 0.717) is 6.61 Å². The first-order valence-corrected chi connectivity index (χ1v) is 6.73. The molecule has 0 aliphatic rings. The van der Waals surface area contributed by atoms with Crippen molar-refractivity contribution in [2.24, 2.45) is 0 Å². The largest absolute Gasteiger partial charge is 0.464 e. The number of hydrogen-bond donors (Lipinski definition) is 1. The van der Waals surface area contributed by atoms with Crippen LogP contribution >= 0.6 is 15.9 Å². The van der Waals surface area contributed by atoms with Gasteiger partial charge >= 0.3 is 5.97 Å². The highest BCUT2D eigenvalue weighted by Gasteiger charge is 2.14. The summed E-state index contributed by atoms with van der Waals surface area (Å²) in [5.74, 6) is -0.776. The normalized spacial score (nSPS) is 12.2. The van der Waals surface area contributed by atoms with Gasteiger partial charge in [-0.15, -0.1) is 0 Å². The van der Waals surface area contributed by atoms with Crippen molar-refractivity contribution in [1.82, 2.24) is 5.32 Å². The average molecular weight is 326 g/mol. The molecule has 0 aliphatic carbocycles. The quantitative estimate of drug-likeness (QED) is 0.668. The summed E-state index contributed by atoms with van der Waals surface area (Å²) in [5, 5.41) is 2.54. The van der Waals surface area contributed by atoms with Gasteiger partial charge in [-0.25, -0.2) is 4.79 Å². The summed E-state index contributed by atoms with van der Waals surface area (Å²) < 4.78 is 5.70. The van der Waals surface area contributed by atoms with E-state index < -0.39 is 12.0 Å². The van der Waals surface area contributed by atoms with Gasteiger partial charge in [-0.3, -0.25) is 4.79 Å². The maximum absolute atomic E-state index is 11.6. The van der Waals surface area contributed by atoms with E-state index in [1.165, 1.54) is 6.08 Å². The van der Waals surface area contributed by atoms with Crippen molar-refractivity contribution in [2.45, 2.75) is 19.9 Å². The van der Waals surface area contributed by atoms with Crippen LogP contribution in [0.4, 0.5) is 0 Å². The molecule has 0 spiro atoms. The third-order valence-electron chi connectivity index (χ3n) is 2.32. The Bertz CT molecular complexity index is 485. The molecule has 1 amide bonds. The molecule has 0 saturated carbocycles. The lowest BCUT2D eigenvalue weighted by Crippen LogP contribution is -2.38. The van der Waals surface area contributed by atoms with Crippen molar-refractivity contribution in [2.75, 3.05) is 6.61 Å². The minimum absolute atomic E-state index is 0.297. The van der Waals surface area contributed by atoms with Gasteiger partial charge in [0.05, 0.1) is 6.61 Å². The first kappa shape index (κ1) is 15.4. The first-order chi connectivity index (χ1) is 9.04. The molecule has 1 aromatic rings. The summed E-state index contributed by atoms with van der Waals surface area (Å²) in [6.07, 6.45) is 3.06. The molecule has 0 bridgehead atoms. The molecule has 1 N–H and O–H groups in total. The molecule has 0 aromatic heterocycles. The molecule has 0 fully saturated rings. The molecule has 1 unspecified atom stereocenters. The number of amides is 1. The predicted molar refractivity (Wildman–Crippen MR) is 77.4 cm³/mol. The Morgan fingerprint density at radius 3 is 2.74 bits per heavy atom. The van der Waals surface area contributed by atoms with E-state index in [1.807, 2.05) is 24.3 Å². The predicted octanol–water partition coefficient (Wildman–Crippen LogP) is 2.53. The lowest BCUT2D eigenvalue weighted by molar-refractivity contribution is -0.146. The van der Waals surface area contributed by atoms with Crippen LogP contribution in [0.1, 0.15) is 19.4 Å². The topological polar surface area (TPSA) is 55.4 Å². The van der Waals surface area contributed by atoms with Crippen LogP contribution in [0.3, 0.4) is 0 Å². The number of hydrogen-bond acceptors (Lipinski definition) is 3. The third kappa shape index (κ3) is 5.26. The second-order valence-electron chi connectivity index (χ2n) is 3.84. The molecule has 0 aliphatic heterocycles. The number of carbonyl (C=O) groups excluding carboxylic acids is 2. The number of nitrogens with one attached hydrogen (secondary N) is 1. The van der Waals surface area contributed by atoms with Crippen LogP contribution in [0, 0.1) is 0 Å². The zero-order chi connectivity index (χ0) is 14.3. The molecular formula is C14H16BrNO3. The molecule has 0 saturated heterocycles. The van der Waals surface area contributed by atoms with Crippen LogP contribution in [0.2, 0.25) is 0 Å². The van der Waals surface area contributed by atoms with Crippen molar-refractivity contribution >= 4 is 33.9 Å². The number of esters is 1. The number of ether oxygens (including phenoxy) is 1. The highest BCUT2D eigenvalue weighted by atomic mass is 79.9. The Labute approximate surface area is 121 Å². The summed E-state index contributed by atoms with van der Waals surface area (Å²) in [6, 6.07) is 6.88. The summed E-state index contributed by atoms with van der Waals surface area (Å²) in [5.41, 5.74) is 0.890. The number of benzene rings is 1. The van der Waals surface area contributed by atoms with E-state index in [9.17, 15) is 9.59 Å². The van der Waals surface area contributed by atoms with Gasteiger partial charge in [0.2, 0.25) is 5.91 Å². The van der Waals surface area contributed by atoms with E-state index in [1.54, 1.807) is 19.9 Å². The van der Waals surface area contributed by atoms with E-state index in [4.69, 9.17) is 4.74 Å². The van der Waals surface area contributed by atoms with Crippen molar-refractivity contribution in [3.63, 3.8) is 0 Å². The van der Waals surface area contributed by atoms with Crippen LogP contribution in [0.5, 0.6) is 0 Å². The number of carbonyl (C=O) groups is 2. The maximum Gasteiger partial charge on any atom is 0.328 e. The van der Waals surface area contributed by atoms with Crippen LogP contribution in [-0.2, 0) is 14.3 Å². The Morgan fingerprint density at radius 1 is 1.42 bits per heavy atom. The lowest BCUT2D eigenvalue weighted by atomic mass is 10.2. The van der Waals surface area contributed by atoms with Crippen LogP contribution in [0.25, 0.3) is 6.08 Å². The molecule has 5 heteroatoms. The Morgan fingerprint density at radius 2 is 2.11 bits per heavy atom. The van der Waals surface area contributed by atoms with Crippen molar-refractivity contribution < 1.29 is 14.3 Å². The Balaban J connectivity index is 2.56. The average Bonchev–Trinajstić information content (AvgIpc) is 2.38. The summed E-state index contributed by atoms with van der Waals surface area (Å²) >= 11 is 3.38. The molecular weight excluding hydrogens is 310 g/mol. The summed E-state index contributed by atoms with van der Waals surface area (Å²) in [6.45, 7) is 3.60. The zero-order valence-electron chi connectivity index (χ0n) is 10.9. The molecule has 1 aromatic carbocycles. The van der Waals surface area contributed by atoms with Gasteiger partial charge in [-0.2, -0.15) is 0 Å². The first-order valence-electron chi connectivity index (χ1n) is 5.94. The fourth-order valence-corrected chi connectivity index (χ4v) is 1.78. The molecule has 0 heterocycles. The summed E-state index contributed by atoms with van der Waals surface area (Å²) in [4.78, 5) is 23.0. The van der Waals surface area contributed by atoms with Crippen LogP contribution in [-0.4, -0.2) is 24.5 Å². The minimum Gasteiger partial charge on any atom is -0.464 e. The minimum atomic E-state index is -0.656. The monoisotopic (exact) mass is 325 g/mol. The van der Waals surface area contributed by atoms with E-state index in [-0.39, 0.29) is 5.91 Å². The maximum atomic E-state index is 11.6. The van der Waals surface area contributed by atoms with Gasteiger partial charge in [-0.05, 0) is 31.6 Å². The van der Waals surface area contributed by atoms with Crippen molar-refractivity contribution in [3.8, 4) is 0 Å². The third-order valence-corrected chi connectivity index (χ3v) is 3.04. The van der Waals surface area contributed by atoms with Gasteiger partial charge in [0.25, 0.3) is 0 Å². The molecule has 1 atom stereocenters. The van der Waals surface area contributed by atoms with E-state index >= 15 is 0 Å². The van der Waals surface area contributed by atoms with Crippen molar-refractivity contribution in [3.05, 3.63) is 40.4 Å². The number of halogens is 1. The van der Waals surface area contributed by atoms with E-state index in [2.05, 4.69) is 21.2 Å². The lowest BCUT2D eigenvalue weighted by Gasteiger charge is -2.10. The van der Waals surface area contributed by atoms with Gasteiger partial charge in [0.15, 0.2) is 0 Å². The molecule has 102 valence electrons. The molecule has 1 rings (SSSR count).